The van der Waals surface area contributed by atoms with Gasteiger partial charge in [-0.1, -0.05) is 0 Å². The molecule has 6 nitrogen and oxygen atoms in total. The number of fused-ring (bicyclic) bond motifs is 1. The van der Waals surface area contributed by atoms with E-state index in [1.165, 1.54) is 0 Å². The minimum absolute atomic E-state index is 0.162. The van der Waals surface area contributed by atoms with Gasteiger partial charge >= 0.3 is 5.97 Å². The third kappa shape index (κ3) is 4.16. The molecule has 0 spiro atoms. The van der Waals surface area contributed by atoms with Gasteiger partial charge in [0, 0.05) is 5.69 Å². The normalized spacial score (nSPS) is 10.9. The van der Waals surface area contributed by atoms with Crippen molar-refractivity contribution >= 4 is 28.5 Å². The van der Waals surface area contributed by atoms with E-state index >= 15 is 0 Å². The zero-order valence-corrected chi connectivity index (χ0v) is 16.2. The van der Waals surface area contributed by atoms with Gasteiger partial charge in [-0.25, -0.2) is 14.8 Å². The van der Waals surface area contributed by atoms with Crippen LogP contribution in [-0.4, -0.2) is 29.2 Å². The molecule has 0 aliphatic rings. The van der Waals surface area contributed by atoms with Crippen LogP contribution in [0, 0.1) is 13.8 Å². The summed E-state index contributed by atoms with van der Waals surface area (Å²) in [4.78, 5) is 21.8. The van der Waals surface area contributed by atoms with E-state index in [9.17, 15) is 4.79 Å². The molecule has 0 aliphatic carbocycles. The lowest BCUT2D eigenvalue weighted by molar-refractivity contribution is 0.0372. The second-order valence-corrected chi connectivity index (χ2v) is 6.65. The first-order valence-corrected chi connectivity index (χ1v) is 8.78. The Balaban J connectivity index is 2.08. The molecule has 0 saturated heterocycles. The van der Waals surface area contributed by atoms with Crippen molar-refractivity contribution in [3.05, 3.63) is 53.2 Å². The number of hydrogen-bond donors (Lipinski definition) is 1. The molecule has 140 valence electrons. The summed E-state index contributed by atoms with van der Waals surface area (Å²) in [5, 5.41) is 3.17. The highest BCUT2D eigenvalue weighted by Crippen LogP contribution is 2.25. The zero-order valence-electron chi connectivity index (χ0n) is 16.2. The minimum Gasteiger partial charge on any atom is -0.497 e. The Morgan fingerprint density at radius 3 is 2.15 bits per heavy atom. The Bertz CT molecular complexity index is 982. The highest BCUT2D eigenvalue weighted by atomic mass is 16.5. The lowest BCUT2D eigenvalue weighted by atomic mass is 10.1. The summed E-state index contributed by atoms with van der Waals surface area (Å²) in [6.07, 6.45) is -0.247. The highest BCUT2D eigenvalue weighted by molar-refractivity contribution is 5.96. The van der Waals surface area contributed by atoms with Crippen molar-refractivity contribution in [3.8, 4) is 5.75 Å². The first-order valence-electron chi connectivity index (χ1n) is 8.78. The van der Waals surface area contributed by atoms with Gasteiger partial charge in [-0.15, -0.1) is 0 Å². The molecule has 3 rings (SSSR count). The molecule has 6 heteroatoms. The third-order valence-corrected chi connectivity index (χ3v) is 4.17. The molecule has 2 aromatic carbocycles. The molecule has 0 amide bonds. The van der Waals surface area contributed by atoms with E-state index in [4.69, 9.17) is 9.47 Å². The van der Waals surface area contributed by atoms with Crippen LogP contribution in [0.2, 0.25) is 0 Å². The number of benzene rings is 2. The van der Waals surface area contributed by atoms with Crippen LogP contribution in [0.15, 0.2) is 36.4 Å². The van der Waals surface area contributed by atoms with Crippen molar-refractivity contribution in [1.29, 1.82) is 0 Å². The van der Waals surface area contributed by atoms with Crippen molar-refractivity contribution in [3.63, 3.8) is 0 Å². The summed E-state index contributed by atoms with van der Waals surface area (Å²) in [5.74, 6) is 0.603. The predicted molar refractivity (Wildman–Crippen MR) is 106 cm³/mol. The van der Waals surface area contributed by atoms with Crippen LogP contribution in [0.1, 0.15) is 35.5 Å². The Labute approximate surface area is 158 Å². The van der Waals surface area contributed by atoms with E-state index < -0.39 is 5.97 Å². The molecule has 0 radical (unpaired) electrons. The summed E-state index contributed by atoms with van der Waals surface area (Å²) >= 11 is 0. The molecule has 1 heterocycles. The maximum atomic E-state index is 12.6. The number of esters is 1. The molecule has 1 aromatic heterocycles. The van der Waals surface area contributed by atoms with Gasteiger partial charge in [0.1, 0.15) is 5.75 Å². The number of anilines is 2. The fraction of sp³-hybridized carbons (Fsp3) is 0.286. The fourth-order valence-corrected chi connectivity index (χ4v) is 2.62. The average molecular weight is 365 g/mol. The van der Waals surface area contributed by atoms with Crippen LogP contribution in [0.5, 0.6) is 5.75 Å². The molecule has 27 heavy (non-hydrogen) atoms. The van der Waals surface area contributed by atoms with Crippen molar-refractivity contribution < 1.29 is 14.3 Å². The Morgan fingerprint density at radius 1 is 1.00 bits per heavy atom. The van der Waals surface area contributed by atoms with E-state index in [-0.39, 0.29) is 11.8 Å². The van der Waals surface area contributed by atoms with E-state index in [0.717, 1.165) is 28.1 Å². The van der Waals surface area contributed by atoms with Crippen molar-refractivity contribution in [1.82, 2.24) is 9.97 Å². The molecule has 0 saturated carbocycles. The summed E-state index contributed by atoms with van der Waals surface area (Å²) in [5.41, 5.74) is 4.52. The molecular formula is C21H23N3O3. The molecule has 0 bridgehead atoms. The first kappa shape index (κ1) is 18.6. The third-order valence-electron chi connectivity index (χ3n) is 4.17. The molecule has 3 aromatic rings. The van der Waals surface area contributed by atoms with Crippen LogP contribution in [0.4, 0.5) is 11.5 Å². The molecule has 0 aliphatic heterocycles. The number of rotatable bonds is 5. The number of nitrogens with one attached hydrogen (secondary N) is 1. The topological polar surface area (TPSA) is 73.3 Å². The van der Waals surface area contributed by atoms with E-state index in [2.05, 4.69) is 15.3 Å². The summed E-state index contributed by atoms with van der Waals surface area (Å²) in [6, 6.07) is 11.3. The van der Waals surface area contributed by atoms with Crippen LogP contribution in [0.25, 0.3) is 11.0 Å². The zero-order chi connectivity index (χ0) is 19.6. The maximum absolute atomic E-state index is 12.6. The second kappa shape index (κ2) is 7.61. The summed E-state index contributed by atoms with van der Waals surface area (Å²) in [7, 11) is 1.61. The van der Waals surface area contributed by atoms with Gasteiger partial charge < -0.3 is 14.8 Å². The van der Waals surface area contributed by atoms with Gasteiger partial charge in [0.25, 0.3) is 0 Å². The van der Waals surface area contributed by atoms with E-state index in [0.29, 0.717) is 11.3 Å². The molecule has 1 N–H and O–H groups in total. The van der Waals surface area contributed by atoms with Crippen molar-refractivity contribution in [2.45, 2.75) is 33.8 Å². The SMILES string of the molecule is COc1ccc(Nc2nc3cc(C)c(C)cc3nc2C(=O)OC(C)C)cc1. The quantitative estimate of drug-likeness (QED) is 0.668. The first-order chi connectivity index (χ1) is 12.9. The number of aromatic nitrogens is 2. The van der Waals surface area contributed by atoms with Crippen LogP contribution >= 0.6 is 0 Å². The predicted octanol–water partition coefficient (Wildman–Crippen LogP) is 4.56. The van der Waals surface area contributed by atoms with Crippen LogP contribution in [0.3, 0.4) is 0 Å². The maximum Gasteiger partial charge on any atom is 0.361 e. The molecule has 0 unspecified atom stereocenters. The monoisotopic (exact) mass is 365 g/mol. The highest BCUT2D eigenvalue weighted by Gasteiger charge is 2.20. The molecular weight excluding hydrogens is 342 g/mol. The van der Waals surface area contributed by atoms with Gasteiger partial charge in [-0.3, -0.25) is 0 Å². The number of ether oxygens (including phenoxy) is 2. The second-order valence-electron chi connectivity index (χ2n) is 6.65. The Hall–Kier alpha value is -3.15. The lowest BCUT2D eigenvalue weighted by Crippen LogP contribution is -2.16. The minimum atomic E-state index is -0.506. The van der Waals surface area contributed by atoms with Crippen molar-refractivity contribution in [2.24, 2.45) is 0 Å². The van der Waals surface area contributed by atoms with Gasteiger partial charge in [0.05, 0.1) is 24.2 Å². The van der Waals surface area contributed by atoms with Gasteiger partial charge in [-0.2, -0.15) is 0 Å². The van der Waals surface area contributed by atoms with E-state index in [1.807, 2.05) is 50.2 Å². The number of carbonyl (C=O) groups excluding carboxylic acids is 1. The van der Waals surface area contributed by atoms with Gasteiger partial charge in [-0.05, 0) is 75.2 Å². The molecule has 0 fully saturated rings. The number of aryl methyl sites for hydroxylation is 2. The summed E-state index contributed by atoms with van der Waals surface area (Å²) in [6.45, 7) is 7.63. The Morgan fingerprint density at radius 2 is 1.59 bits per heavy atom. The van der Waals surface area contributed by atoms with Crippen LogP contribution < -0.4 is 10.1 Å². The average Bonchev–Trinajstić information content (AvgIpc) is 2.62. The molecule has 0 atom stereocenters. The van der Waals surface area contributed by atoms with E-state index in [1.54, 1.807) is 21.0 Å². The number of nitrogens with zero attached hydrogens (tertiary/aromatic N) is 2. The smallest absolute Gasteiger partial charge is 0.361 e. The lowest BCUT2D eigenvalue weighted by Gasteiger charge is -2.14. The summed E-state index contributed by atoms with van der Waals surface area (Å²) < 4.78 is 10.5. The van der Waals surface area contributed by atoms with Crippen molar-refractivity contribution in [2.75, 3.05) is 12.4 Å². The number of carbonyl (C=O) groups is 1. The Kier molecular flexibility index (Phi) is 5.26. The van der Waals surface area contributed by atoms with Gasteiger partial charge in [0.15, 0.2) is 11.5 Å². The largest absolute Gasteiger partial charge is 0.497 e. The fourth-order valence-electron chi connectivity index (χ4n) is 2.62. The number of hydrogen-bond acceptors (Lipinski definition) is 6. The standard InChI is InChI=1S/C21H23N3O3/c1-12(2)27-21(25)19-20(22-15-6-8-16(26-5)9-7-15)24-18-11-14(4)13(3)10-17(18)23-19/h6-12H,1-5H3,(H,22,24). The van der Waals surface area contributed by atoms with Crippen LogP contribution in [-0.2, 0) is 4.74 Å². The van der Waals surface area contributed by atoms with Gasteiger partial charge in [0.2, 0.25) is 0 Å². The number of methoxy groups -OCH3 is 1.